The molecule has 4 rings (SSSR count). The lowest BCUT2D eigenvalue weighted by Crippen LogP contribution is -2.46. The van der Waals surface area contributed by atoms with E-state index in [4.69, 9.17) is 21.3 Å². The number of likely N-dealkylation sites (tertiary alicyclic amines) is 1. The summed E-state index contributed by atoms with van der Waals surface area (Å²) in [5.74, 6) is 1.29. The minimum absolute atomic E-state index is 0.0333. The molecule has 0 aliphatic carbocycles. The number of piperidine rings is 1. The van der Waals surface area contributed by atoms with Crippen LogP contribution in [0, 0.1) is 0 Å². The number of aryl methyl sites for hydroxylation is 1. The third-order valence-electron chi connectivity index (χ3n) is 7.10. The van der Waals surface area contributed by atoms with E-state index in [0.717, 1.165) is 54.6 Å². The highest BCUT2D eigenvalue weighted by atomic mass is 35.5. The zero-order chi connectivity index (χ0) is 28.0. The minimum atomic E-state index is -0.623. The van der Waals surface area contributed by atoms with Crippen LogP contribution >= 0.6 is 11.6 Å². The number of aromatic nitrogens is 2. The Morgan fingerprint density at radius 1 is 1.15 bits per heavy atom. The maximum Gasteiger partial charge on any atom is 0.407 e. The minimum Gasteiger partial charge on any atom is -0.444 e. The molecule has 2 atom stereocenters. The summed E-state index contributed by atoms with van der Waals surface area (Å²) in [4.78, 5) is 33.2. The number of amides is 2. The summed E-state index contributed by atoms with van der Waals surface area (Å²) in [6.07, 6.45) is 4.31. The number of nitrogens with zero attached hydrogens (tertiary/aromatic N) is 3. The molecule has 1 N–H and O–H groups in total. The molecule has 210 valence electrons. The Balaban J connectivity index is 1.49. The summed E-state index contributed by atoms with van der Waals surface area (Å²) in [6.45, 7) is 9.96. The second-order valence-corrected chi connectivity index (χ2v) is 12.0. The zero-order valence-corrected chi connectivity index (χ0v) is 24.3. The molecule has 1 aromatic heterocycles. The van der Waals surface area contributed by atoms with Crippen LogP contribution in [0.2, 0.25) is 5.02 Å². The Bertz CT molecular complexity index is 1270. The van der Waals surface area contributed by atoms with Gasteiger partial charge in [0.05, 0.1) is 11.0 Å². The molecule has 1 aliphatic rings. The summed E-state index contributed by atoms with van der Waals surface area (Å²) in [5.41, 5.74) is 2.54. The van der Waals surface area contributed by atoms with E-state index in [9.17, 15) is 9.59 Å². The molecule has 1 saturated heterocycles. The molecule has 2 aromatic carbocycles. The number of nitrogens with one attached hydrogen (secondary N) is 1. The molecule has 7 nitrogen and oxygen atoms in total. The topological polar surface area (TPSA) is 76.5 Å². The average molecular weight is 553 g/mol. The molecular weight excluding hydrogens is 512 g/mol. The number of imidazole rings is 1. The van der Waals surface area contributed by atoms with Crippen LogP contribution in [0.3, 0.4) is 0 Å². The van der Waals surface area contributed by atoms with Crippen LogP contribution in [0.5, 0.6) is 0 Å². The van der Waals surface area contributed by atoms with Gasteiger partial charge in [-0.2, -0.15) is 0 Å². The number of benzene rings is 2. The SMILES string of the molecule is CCCCn1c([C@@H]2CCCN(C(=O)C[C@@H](Cc3ccc(Cl)cc3)NC(=O)OC(C)(C)C)C2)nc2ccccc21. The van der Waals surface area contributed by atoms with Crippen LogP contribution in [0.1, 0.15) is 77.1 Å². The molecule has 2 amide bonds. The largest absolute Gasteiger partial charge is 0.444 e. The zero-order valence-electron chi connectivity index (χ0n) is 23.6. The number of halogens is 1. The number of hydrogen-bond acceptors (Lipinski definition) is 4. The van der Waals surface area contributed by atoms with Gasteiger partial charge >= 0.3 is 6.09 Å². The third-order valence-corrected chi connectivity index (χ3v) is 7.35. The molecule has 2 heterocycles. The van der Waals surface area contributed by atoms with E-state index in [-0.39, 0.29) is 18.2 Å². The van der Waals surface area contributed by atoms with E-state index < -0.39 is 17.7 Å². The van der Waals surface area contributed by atoms with Gasteiger partial charge in [-0.3, -0.25) is 4.79 Å². The van der Waals surface area contributed by atoms with Gasteiger partial charge in [-0.15, -0.1) is 0 Å². The fraction of sp³-hybridized carbons (Fsp3) is 0.516. The molecule has 1 fully saturated rings. The lowest BCUT2D eigenvalue weighted by atomic mass is 9.95. The van der Waals surface area contributed by atoms with Gasteiger partial charge in [-0.05, 0) is 76.3 Å². The second kappa shape index (κ2) is 12.9. The molecule has 3 aromatic rings. The van der Waals surface area contributed by atoms with Gasteiger partial charge in [-0.1, -0.05) is 49.2 Å². The van der Waals surface area contributed by atoms with Gasteiger partial charge < -0.3 is 19.5 Å². The number of carbonyl (C=O) groups excluding carboxylic acids is 2. The normalized spacial score (nSPS) is 16.7. The first-order valence-electron chi connectivity index (χ1n) is 14.1. The van der Waals surface area contributed by atoms with Crippen molar-refractivity contribution in [1.29, 1.82) is 0 Å². The Labute approximate surface area is 236 Å². The number of alkyl carbamates (subject to hydrolysis) is 1. The predicted molar refractivity (Wildman–Crippen MR) is 156 cm³/mol. The number of fused-ring (bicyclic) bond motifs is 1. The maximum atomic E-state index is 13.6. The van der Waals surface area contributed by atoms with Crippen molar-refractivity contribution in [2.75, 3.05) is 13.1 Å². The van der Waals surface area contributed by atoms with E-state index in [1.165, 1.54) is 0 Å². The number of hydrogen-bond donors (Lipinski definition) is 1. The smallest absolute Gasteiger partial charge is 0.407 e. The third kappa shape index (κ3) is 7.98. The van der Waals surface area contributed by atoms with Crippen molar-refractivity contribution in [2.24, 2.45) is 0 Å². The van der Waals surface area contributed by atoms with Gasteiger partial charge in [0.15, 0.2) is 0 Å². The highest BCUT2D eigenvalue weighted by Crippen LogP contribution is 2.30. The molecule has 0 radical (unpaired) electrons. The van der Waals surface area contributed by atoms with E-state index >= 15 is 0 Å². The summed E-state index contributed by atoms with van der Waals surface area (Å²) < 4.78 is 7.85. The quantitative estimate of drug-likeness (QED) is 0.319. The van der Waals surface area contributed by atoms with Crippen molar-refractivity contribution in [1.82, 2.24) is 19.8 Å². The van der Waals surface area contributed by atoms with E-state index in [0.29, 0.717) is 24.5 Å². The molecule has 0 bridgehead atoms. The average Bonchev–Trinajstić information content (AvgIpc) is 3.26. The van der Waals surface area contributed by atoms with Gasteiger partial charge in [0, 0.05) is 43.0 Å². The number of para-hydroxylation sites is 2. The highest BCUT2D eigenvalue weighted by Gasteiger charge is 2.30. The van der Waals surface area contributed by atoms with Crippen LogP contribution in [-0.4, -0.2) is 51.2 Å². The first-order chi connectivity index (χ1) is 18.6. The number of carbonyl (C=O) groups is 2. The van der Waals surface area contributed by atoms with Crippen molar-refractivity contribution >= 4 is 34.6 Å². The maximum absolute atomic E-state index is 13.6. The predicted octanol–water partition coefficient (Wildman–Crippen LogP) is 6.72. The standard InChI is InChI=1S/C31H41ClN4O3/c1-5-6-18-36-27-12-8-7-11-26(27)34-29(36)23-10-9-17-35(21-23)28(37)20-25(33-30(38)39-31(2,3)4)19-22-13-15-24(32)16-14-22/h7-8,11-16,23,25H,5-6,9-10,17-21H2,1-4H3,(H,33,38)/t23-,25-/m1/s1. The summed E-state index contributed by atoms with van der Waals surface area (Å²) in [6, 6.07) is 15.4. The molecular formula is C31H41ClN4O3. The Morgan fingerprint density at radius 2 is 1.90 bits per heavy atom. The van der Waals surface area contributed by atoms with Crippen LogP contribution in [-0.2, 0) is 22.5 Å². The first kappa shape index (κ1) is 28.9. The van der Waals surface area contributed by atoms with Crippen LogP contribution in [0.4, 0.5) is 4.79 Å². The highest BCUT2D eigenvalue weighted by molar-refractivity contribution is 6.30. The molecule has 0 unspecified atom stereocenters. The van der Waals surface area contributed by atoms with Gasteiger partial charge in [0.1, 0.15) is 11.4 Å². The number of rotatable bonds is 9. The van der Waals surface area contributed by atoms with Crippen molar-refractivity contribution in [3.63, 3.8) is 0 Å². The Morgan fingerprint density at radius 3 is 2.62 bits per heavy atom. The Hall–Kier alpha value is -3.06. The molecule has 0 spiro atoms. The fourth-order valence-corrected chi connectivity index (χ4v) is 5.39. The van der Waals surface area contributed by atoms with Crippen LogP contribution < -0.4 is 5.32 Å². The van der Waals surface area contributed by atoms with Crippen molar-refractivity contribution < 1.29 is 14.3 Å². The lowest BCUT2D eigenvalue weighted by Gasteiger charge is -2.34. The van der Waals surface area contributed by atoms with Gasteiger partial charge in [0.25, 0.3) is 0 Å². The van der Waals surface area contributed by atoms with Gasteiger partial charge in [0.2, 0.25) is 5.91 Å². The van der Waals surface area contributed by atoms with E-state index in [2.05, 4.69) is 35.0 Å². The monoisotopic (exact) mass is 552 g/mol. The van der Waals surface area contributed by atoms with Gasteiger partial charge in [-0.25, -0.2) is 9.78 Å². The molecule has 39 heavy (non-hydrogen) atoms. The number of unbranched alkanes of at least 4 members (excludes halogenated alkanes) is 1. The van der Waals surface area contributed by atoms with Crippen molar-refractivity contribution in [3.05, 3.63) is 64.9 Å². The summed E-state index contributed by atoms with van der Waals surface area (Å²) in [7, 11) is 0. The van der Waals surface area contributed by atoms with Crippen molar-refractivity contribution in [2.45, 2.75) is 90.3 Å². The second-order valence-electron chi connectivity index (χ2n) is 11.5. The van der Waals surface area contributed by atoms with Crippen molar-refractivity contribution in [3.8, 4) is 0 Å². The lowest BCUT2D eigenvalue weighted by molar-refractivity contribution is -0.132. The molecule has 0 saturated carbocycles. The fourth-order valence-electron chi connectivity index (χ4n) is 5.26. The summed E-state index contributed by atoms with van der Waals surface area (Å²) >= 11 is 6.06. The Kier molecular flexibility index (Phi) is 9.54. The number of ether oxygens (including phenoxy) is 1. The van der Waals surface area contributed by atoms with E-state index in [1.54, 1.807) is 0 Å². The van der Waals surface area contributed by atoms with Crippen LogP contribution in [0.25, 0.3) is 11.0 Å². The molecule has 1 aliphatic heterocycles. The summed E-state index contributed by atoms with van der Waals surface area (Å²) in [5, 5.41) is 3.59. The van der Waals surface area contributed by atoms with E-state index in [1.807, 2.05) is 56.0 Å². The molecule has 8 heteroatoms. The van der Waals surface area contributed by atoms with Crippen LogP contribution in [0.15, 0.2) is 48.5 Å². The first-order valence-corrected chi connectivity index (χ1v) is 14.5.